The minimum Gasteiger partial charge on any atom is -0.502 e. The Morgan fingerprint density at radius 1 is 0.805 bits per heavy atom. The van der Waals surface area contributed by atoms with Gasteiger partial charge in [-0.2, -0.15) is 0 Å². The monoisotopic (exact) mass is 1200 g/mol. The second-order valence-electron chi connectivity index (χ2n) is 26.2. The maximum Gasteiger partial charge on any atom is 0.254 e. The first-order chi connectivity index (χ1) is 42.4. The smallest absolute Gasteiger partial charge is 0.254 e. The van der Waals surface area contributed by atoms with Gasteiger partial charge in [0.1, 0.15) is 30.6 Å². The molecule has 470 valence electrons. The normalized spacial score (nSPS) is 26.9. The number of rotatable bonds is 27. The minimum atomic E-state index is -1.09. The first-order valence-corrected chi connectivity index (χ1v) is 32.8. The highest BCUT2D eigenvalue weighted by Crippen LogP contribution is 2.69. The number of anilines is 1. The Morgan fingerprint density at radius 3 is 2.36 bits per heavy atom. The van der Waals surface area contributed by atoms with Crippen LogP contribution in [0.2, 0.25) is 0 Å². The van der Waals surface area contributed by atoms with Gasteiger partial charge in [-0.15, -0.1) is 0 Å². The van der Waals surface area contributed by atoms with Gasteiger partial charge >= 0.3 is 0 Å². The maximum atomic E-state index is 14.0. The van der Waals surface area contributed by atoms with Crippen molar-refractivity contribution < 1.29 is 63.9 Å². The van der Waals surface area contributed by atoms with Crippen LogP contribution in [0.4, 0.5) is 5.69 Å². The lowest BCUT2D eigenvalue weighted by Crippen LogP contribution is -2.65. The molecule has 3 heterocycles. The third-order valence-corrected chi connectivity index (χ3v) is 22.0. The van der Waals surface area contributed by atoms with E-state index in [0.717, 1.165) is 79.3 Å². The van der Waals surface area contributed by atoms with E-state index >= 15 is 0 Å². The number of methoxy groups -OCH3 is 1. The van der Waals surface area contributed by atoms with Gasteiger partial charge in [0, 0.05) is 89.2 Å². The van der Waals surface area contributed by atoms with E-state index in [9.17, 15) is 40.2 Å². The second kappa shape index (κ2) is 26.3. The molecule has 87 heavy (non-hydrogen) atoms. The highest BCUT2D eigenvalue weighted by Gasteiger charge is 2.65. The average Bonchev–Trinajstić information content (AvgIpc) is 0.926. The zero-order valence-corrected chi connectivity index (χ0v) is 51.1. The first-order valence-electron chi connectivity index (χ1n) is 32.8. The van der Waals surface area contributed by atoms with Crippen LogP contribution in [0.5, 0.6) is 34.5 Å². The van der Waals surface area contributed by atoms with E-state index < -0.39 is 35.1 Å². The molecule has 5 aliphatic carbocycles. The van der Waals surface area contributed by atoms with Crippen LogP contribution < -0.4 is 39.6 Å². The average molecular weight is 1200 g/mol. The summed E-state index contributed by atoms with van der Waals surface area (Å²) in [6.45, 7) is 7.02. The molecule has 2 bridgehead atoms. The molecular weight excluding hydrogens is 1100 g/mol. The summed E-state index contributed by atoms with van der Waals surface area (Å²) < 4.78 is 32.5. The van der Waals surface area contributed by atoms with Crippen LogP contribution in [0.1, 0.15) is 173 Å². The number of ether oxygens (including phenoxy) is 5. The lowest BCUT2D eigenvalue weighted by molar-refractivity contribution is -0.157. The van der Waals surface area contributed by atoms with Gasteiger partial charge in [0.2, 0.25) is 5.75 Å². The lowest BCUT2D eigenvalue weighted by atomic mass is 9.40. The van der Waals surface area contributed by atoms with Crippen LogP contribution >= 0.6 is 0 Å². The van der Waals surface area contributed by atoms with Gasteiger partial charge in [0.15, 0.2) is 17.7 Å². The fourth-order valence-electron chi connectivity index (χ4n) is 18.1. The van der Waals surface area contributed by atoms with E-state index in [1.165, 1.54) is 44.1 Å². The van der Waals surface area contributed by atoms with Gasteiger partial charge < -0.3 is 65.0 Å². The summed E-state index contributed by atoms with van der Waals surface area (Å²) in [6.07, 6.45) is 15.0. The van der Waals surface area contributed by atoms with Crippen molar-refractivity contribution in [2.45, 2.75) is 158 Å². The number of aliphatic hydroxyl groups is 5. The Balaban J connectivity index is 0.888. The molecule has 0 spiro atoms. The molecule has 11 atom stereocenters. The topological polar surface area (TPSA) is 241 Å². The van der Waals surface area contributed by atoms with Gasteiger partial charge in [-0.1, -0.05) is 76.6 Å². The Morgan fingerprint density at radius 2 is 1.60 bits per heavy atom. The molecule has 17 heteroatoms. The van der Waals surface area contributed by atoms with E-state index in [0.29, 0.717) is 104 Å². The molecule has 12 rings (SSSR count). The zero-order chi connectivity index (χ0) is 60.6. The third-order valence-electron chi connectivity index (χ3n) is 22.0. The fourth-order valence-corrected chi connectivity index (χ4v) is 18.1. The van der Waals surface area contributed by atoms with Crippen molar-refractivity contribution in [2.24, 2.45) is 35.5 Å². The predicted octanol–water partition coefficient (Wildman–Crippen LogP) is 9.37. The van der Waals surface area contributed by atoms with E-state index in [1.54, 1.807) is 17.0 Å². The molecule has 17 nitrogen and oxygen atoms in total. The number of carbonyl (C=O) groups is 2. The molecule has 4 aromatic carbocycles. The number of phenolic OH excluding ortho intramolecular Hbond substituents is 1. The number of amides is 2. The Labute approximate surface area is 512 Å². The molecule has 0 aromatic heterocycles. The molecule has 3 saturated carbocycles. The molecule has 0 unspecified atom stereocenters. The number of aromatic hydroxyl groups is 1. The highest BCUT2D eigenvalue weighted by atomic mass is 16.5. The van der Waals surface area contributed by atoms with Crippen molar-refractivity contribution in [1.29, 1.82) is 0 Å². The van der Waals surface area contributed by atoms with E-state index in [2.05, 4.69) is 47.1 Å². The number of phenols is 1. The summed E-state index contributed by atoms with van der Waals surface area (Å²) in [5, 5.41) is 80.6. The number of nitrogens with one attached hydrogen (secondary N) is 3. The Bertz CT molecular complexity index is 3160. The number of hydrogen-bond donors (Lipinski definition) is 9. The number of hydrogen-bond acceptors (Lipinski definition) is 16. The summed E-state index contributed by atoms with van der Waals surface area (Å²) >= 11 is 0. The third kappa shape index (κ3) is 11.0. The standard InChI is InChI=1S/C70H92N4O13/c1-4-6-7-13-24-72-25-27-84-55-34-57(87-40-71-5-2)65-64-47(55)18-19-48-62(64)54(73-68(65)82)33-56-63(48)66(80)51(39-86-56)43-30-58(83-3)67(81)59(31-43)85-38-45(37-77)70-35-44(69(22-11-8-12-23-69)74-60(78)20-21-61(74)79)32-50-49(41(36-76)15-14-26-75)28-42(29-53(50)70)46-16-9-10-17-52(46)70/h9-10,16-17,20-21,30-31,33-34,41-42,44-45,49-51,53,66,68,71-73,75-77,80-82H,4-8,11-15,18-19,22-29,32,35-40H2,1-3H3/t41-,42+,44+,45-,49-,50-,51-,53+,66-,68+,70-/m0/s1. The summed E-state index contributed by atoms with van der Waals surface area (Å²) in [4.78, 5) is 29.7. The molecule has 3 aliphatic heterocycles. The van der Waals surface area contributed by atoms with Gasteiger partial charge in [0.25, 0.3) is 11.8 Å². The number of imide groups is 1. The molecule has 2 amide bonds. The Kier molecular flexibility index (Phi) is 18.5. The van der Waals surface area contributed by atoms with Gasteiger partial charge in [-0.25, -0.2) is 0 Å². The number of nitrogens with zero attached hydrogens (tertiary/aromatic N) is 1. The molecular formula is C70H92N4O13. The van der Waals surface area contributed by atoms with Crippen molar-refractivity contribution >= 4 is 17.5 Å². The van der Waals surface area contributed by atoms with Crippen molar-refractivity contribution in [3.05, 3.63) is 99.6 Å². The summed E-state index contributed by atoms with van der Waals surface area (Å²) in [6, 6.07) is 15.9. The van der Waals surface area contributed by atoms with Gasteiger partial charge in [0.05, 0.1) is 44.1 Å². The summed E-state index contributed by atoms with van der Waals surface area (Å²) in [7, 11) is 1.48. The maximum absolute atomic E-state index is 14.0. The largest absolute Gasteiger partial charge is 0.502 e. The van der Waals surface area contributed by atoms with E-state index in [-0.39, 0.29) is 104 Å². The van der Waals surface area contributed by atoms with Crippen LogP contribution in [0.15, 0.2) is 60.7 Å². The number of fused-ring (bicyclic) bond motifs is 6. The van der Waals surface area contributed by atoms with Gasteiger partial charge in [-0.3, -0.25) is 19.8 Å². The SMILES string of the molecule is CCCCCCNCCOc1cc(OCNCC)c2c3c1CCc1c-3c(cc3c1[C@@H](O)[C@H](c1cc(OC)c(O)c(OC[C@H](CO)[C@]45C[C@H](C6(N7C(=O)C=CC7=O)CCCCC6)C[C@H]6[C@H]([C@H](CO)CCCO)C[C@H](C[C@H]64)c4ccccc45)c1)CO3)N[C@@H]2O. The number of benzene rings is 4. The van der Waals surface area contributed by atoms with Gasteiger partial charge in [-0.05, 0) is 154 Å². The number of carbonyl (C=O) groups excluding carboxylic acids is 2. The van der Waals surface area contributed by atoms with Crippen LogP contribution in [-0.2, 0) is 27.8 Å². The Hall–Kier alpha value is -5.92. The van der Waals surface area contributed by atoms with E-state index in [1.807, 2.05) is 19.1 Å². The van der Waals surface area contributed by atoms with Crippen molar-refractivity contribution in [2.75, 3.05) is 78.4 Å². The van der Waals surface area contributed by atoms with E-state index in [4.69, 9.17) is 23.7 Å². The fraction of sp³-hybridized carbons (Fsp3) is 0.600. The summed E-state index contributed by atoms with van der Waals surface area (Å²) in [5.74, 6) is 0.222. The molecule has 8 aliphatic rings. The van der Waals surface area contributed by atoms with Crippen LogP contribution in [0.3, 0.4) is 0 Å². The molecule has 3 fully saturated rings. The number of aliphatic hydroxyl groups excluding tert-OH is 5. The number of unbranched alkanes of at least 4 members (excludes halogenated alkanes) is 3. The molecule has 0 radical (unpaired) electrons. The molecule has 0 saturated heterocycles. The summed E-state index contributed by atoms with van der Waals surface area (Å²) in [5.41, 5.74) is 7.03. The quantitative estimate of drug-likeness (QED) is 0.0153. The van der Waals surface area contributed by atoms with Crippen molar-refractivity contribution in [1.82, 2.24) is 15.5 Å². The van der Waals surface area contributed by atoms with Crippen molar-refractivity contribution in [3.8, 4) is 45.6 Å². The minimum absolute atomic E-state index is 0.00868. The molecule has 4 aromatic rings. The van der Waals surface area contributed by atoms with Crippen LogP contribution in [0, 0.1) is 35.5 Å². The van der Waals surface area contributed by atoms with Crippen molar-refractivity contribution in [3.63, 3.8) is 0 Å². The molecule has 9 N–H and O–H groups in total. The zero-order valence-electron chi connectivity index (χ0n) is 51.1. The predicted molar refractivity (Wildman–Crippen MR) is 330 cm³/mol. The first kappa shape index (κ1) is 61.3. The van der Waals surface area contributed by atoms with Crippen LogP contribution in [-0.4, -0.2) is 126 Å². The lowest BCUT2D eigenvalue weighted by Gasteiger charge is -2.66. The second-order valence-corrected chi connectivity index (χ2v) is 26.2. The highest BCUT2D eigenvalue weighted by molar-refractivity contribution is 6.13. The van der Waals surface area contributed by atoms with Crippen LogP contribution in [0.25, 0.3) is 11.1 Å².